The number of piperazine rings is 1. The van der Waals surface area contributed by atoms with E-state index in [1.54, 1.807) is 12.4 Å². The summed E-state index contributed by atoms with van der Waals surface area (Å²) in [5.74, 6) is -0.628. The van der Waals surface area contributed by atoms with Crippen LogP contribution in [0.3, 0.4) is 0 Å². The predicted octanol–water partition coefficient (Wildman–Crippen LogP) is 0.893. The lowest BCUT2D eigenvalue weighted by molar-refractivity contribution is 0.239. The molecule has 0 atom stereocenters. The Kier molecular flexibility index (Phi) is 6.02. The molecule has 1 aliphatic heterocycles. The van der Waals surface area contributed by atoms with Crippen LogP contribution in [-0.4, -0.2) is 62.4 Å². The van der Waals surface area contributed by atoms with E-state index in [2.05, 4.69) is 20.0 Å². The number of hydrogen-bond acceptors (Lipinski definition) is 5. The topological polar surface area (TPSA) is 79.3 Å². The summed E-state index contributed by atoms with van der Waals surface area (Å²) in [7, 11) is -3.73. The number of aromatic nitrogens is 2. The van der Waals surface area contributed by atoms with Gasteiger partial charge in [-0.15, -0.1) is 0 Å². The molecule has 0 unspecified atom stereocenters. The van der Waals surface area contributed by atoms with E-state index >= 15 is 0 Å². The fourth-order valence-corrected chi connectivity index (χ4v) is 4.00. The van der Waals surface area contributed by atoms with Gasteiger partial charge in [0.25, 0.3) is 0 Å². The highest BCUT2D eigenvalue weighted by molar-refractivity contribution is 7.89. The van der Waals surface area contributed by atoms with Crippen molar-refractivity contribution >= 4 is 10.0 Å². The van der Waals surface area contributed by atoms with Gasteiger partial charge in [0.2, 0.25) is 10.0 Å². The van der Waals surface area contributed by atoms with Gasteiger partial charge in [-0.2, -0.15) is 5.10 Å². The van der Waals surface area contributed by atoms with Crippen LogP contribution in [0.4, 0.5) is 4.39 Å². The van der Waals surface area contributed by atoms with Crippen molar-refractivity contribution in [3.05, 3.63) is 42.0 Å². The largest absolute Gasteiger partial charge is 0.314 e. The normalized spacial score (nSPS) is 16.1. The third kappa shape index (κ3) is 4.67. The molecular weight excluding hydrogens is 357 g/mol. The minimum absolute atomic E-state index is 0.0789. The summed E-state index contributed by atoms with van der Waals surface area (Å²) in [5.41, 5.74) is 1.11. The molecule has 0 spiro atoms. The highest BCUT2D eigenvalue weighted by Gasteiger charge is 2.17. The van der Waals surface area contributed by atoms with Crippen LogP contribution in [0.25, 0.3) is 5.69 Å². The highest BCUT2D eigenvalue weighted by atomic mass is 32.2. The molecule has 26 heavy (non-hydrogen) atoms. The van der Waals surface area contributed by atoms with Crippen LogP contribution in [0.1, 0.15) is 12.0 Å². The third-order valence-electron chi connectivity index (χ3n) is 4.34. The first-order chi connectivity index (χ1) is 12.5. The second kappa shape index (κ2) is 8.26. The van der Waals surface area contributed by atoms with E-state index in [9.17, 15) is 12.8 Å². The number of nitrogens with one attached hydrogen (secondary N) is 2. The van der Waals surface area contributed by atoms with Crippen LogP contribution < -0.4 is 10.0 Å². The number of hydrogen-bond donors (Lipinski definition) is 2. The van der Waals surface area contributed by atoms with E-state index in [0.717, 1.165) is 44.4 Å². The van der Waals surface area contributed by atoms with Crippen molar-refractivity contribution in [2.75, 3.05) is 39.3 Å². The van der Waals surface area contributed by atoms with Gasteiger partial charge in [-0.05, 0) is 43.7 Å². The monoisotopic (exact) mass is 381 g/mol. The molecule has 1 fully saturated rings. The molecule has 3 rings (SSSR count). The Morgan fingerprint density at radius 3 is 2.73 bits per heavy atom. The number of aryl methyl sites for hydroxylation is 1. The molecule has 1 aromatic carbocycles. The second-order valence-corrected chi connectivity index (χ2v) is 8.19. The van der Waals surface area contributed by atoms with Gasteiger partial charge >= 0.3 is 0 Å². The molecule has 2 aromatic rings. The first-order valence-electron chi connectivity index (χ1n) is 8.70. The maximum atomic E-state index is 14.3. The van der Waals surface area contributed by atoms with Crippen molar-refractivity contribution in [3.8, 4) is 5.69 Å². The maximum Gasteiger partial charge on any atom is 0.240 e. The minimum atomic E-state index is -3.73. The van der Waals surface area contributed by atoms with Gasteiger partial charge in [0.1, 0.15) is 11.5 Å². The zero-order chi connectivity index (χ0) is 18.6. The number of sulfonamides is 1. The summed E-state index contributed by atoms with van der Waals surface area (Å²) in [6.45, 7) is 6.91. The Hall–Kier alpha value is -1.81. The lowest BCUT2D eigenvalue weighted by Crippen LogP contribution is -2.44. The highest BCUT2D eigenvalue weighted by Crippen LogP contribution is 2.18. The van der Waals surface area contributed by atoms with Crippen molar-refractivity contribution in [1.82, 2.24) is 24.7 Å². The van der Waals surface area contributed by atoms with E-state index in [0.29, 0.717) is 13.0 Å². The molecule has 2 N–H and O–H groups in total. The summed E-state index contributed by atoms with van der Waals surface area (Å²) in [6, 6.07) is 3.86. The van der Waals surface area contributed by atoms with E-state index in [1.807, 2.05) is 6.92 Å². The molecule has 0 amide bonds. The maximum absolute atomic E-state index is 14.3. The summed E-state index contributed by atoms with van der Waals surface area (Å²) in [5, 5.41) is 7.33. The SMILES string of the molecule is Cc1cnn(-c2ccc(S(=O)(=O)NCCCN3CCNCC3)cc2F)c1. The Bertz CT molecular complexity index is 847. The van der Waals surface area contributed by atoms with Crippen molar-refractivity contribution in [1.29, 1.82) is 0 Å². The molecule has 0 aliphatic carbocycles. The average molecular weight is 381 g/mol. The van der Waals surface area contributed by atoms with Gasteiger partial charge in [0.05, 0.1) is 11.1 Å². The Labute approximate surface area is 153 Å². The van der Waals surface area contributed by atoms with Gasteiger partial charge in [-0.3, -0.25) is 0 Å². The molecule has 1 saturated heterocycles. The van der Waals surface area contributed by atoms with Crippen molar-refractivity contribution in [2.45, 2.75) is 18.2 Å². The second-order valence-electron chi connectivity index (χ2n) is 6.42. The van der Waals surface area contributed by atoms with E-state index in [-0.39, 0.29) is 10.6 Å². The molecule has 142 valence electrons. The molecule has 1 aromatic heterocycles. The summed E-state index contributed by atoms with van der Waals surface area (Å²) in [6.07, 6.45) is 4.01. The van der Waals surface area contributed by atoms with Crippen LogP contribution in [0.2, 0.25) is 0 Å². The molecule has 0 radical (unpaired) electrons. The summed E-state index contributed by atoms with van der Waals surface area (Å²) in [4.78, 5) is 2.22. The molecular formula is C17H24FN5O2S. The molecule has 1 aliphatic rings. The van der Waals surface area contributed by atoms with Gasteiger partial charge in [0, 0.05) is 38.9 Å². The number of rotatable bonds is 7. The molecule has 2 heterocycles. The predicted molar refractivity (Wildman–Crippen MR) is 97.4 cm³/mol. The third-order valence-corrected chi connectivity index (χ3v) is 5.80. The van der Waals surface area contributed by atoms with Crippen LogP contribution in [0.5, 0.6) is 0 Å². The molecule has 7 nitrogen and oxygen atoms in total. The van der Waals surface area contributed by atoms with Crippen molar-refractivity contribution < 1.29 is 12.8 Å². The quantitative estimate of drug-likeness (QED) is 0.697. The Balaban J connectivity index is 1.59. The van der Waals surface area contributed by atoms with Crippen LogP contribution >= 0.6 is 0 Å². The molecule has 9 heteroatoms. The van der Waals surface area contributed by atoms with Crippen LogP contribution in [0, 0.1) is 12.7 Å². The molecule has 0 saturated carbocycles. The first-order valence-corrected chi connectivity index (χ1v) is 10.2. The Morgan fingerprint density at radius 2 is 2.08 bits per heavy atom. The smallest absolute Gasteiger partial charge is 0.240 e. The van der Waals surface area contributed by atoms with E-state index in [4.69, 9.17) is 0 Å². The van der Waals surface area contributed by atoms with Gasteiger partial charge in [-0.25, -0.2) is 22.2 Å². The Morgan fingerprint density at radius 1 is 1.31 bits per heavy atom. The number of halogens is 1. The zero-order valence-electron chi connectivity index (χ0n) is 14.8. The van der Waals surface area contributed by atoms with Crippen molar-refractivity contribution in [2.24, 2.45) is 0 Å². The standard InChI is InChI=1S/C17H24FN5O2S/c1-14-12-20-23(13-14)17-4-3-15(11-16(17)18)26(24,25)21-5-2-8-22-9-6-19-7-10-22/h3-4,11-13,19,21H,2,5-10H2,1H3. The van der Waals surface area contributed by atoms with Crippen LogP contribution in [0.15, 0.2) is 35.5 Å². The lowest BCUT2D eigenvalue weighted by Gasteiger charge is -2.27. The summed E-state index contributed by atoms with van der Waals surface area (Å²) < 4.78 is 43.0. The zero-order valence-corrected chi connectivity index (χ0v) is 15.6. The molecule has 0 bridgehead atoms. The number of nitrogens with zero attached hydrogens (tertiary/aromatic N) is 3. The van der Waals surface area contributed by atoms with Gasteiger partial charge in [-0.1, -0.05) is 0 Å². The summed E-state index contributed by atoms with van der Waals surface area (Å²) >= 11 is 0. The van der Waals surface area contributed by atoms with E-state index < -0.39 is 15.8 Å². The minimum Gasteiger partial charge on any atom is -0.314 e. The average Bonchev–Trinajstić information content (AvgIpc) is 3.06. The number of benzene rings is 1. The van der Waals surface area contributed by atoms with Crippen LogP contribution in [-0.2, 0) is 10.0 Å². The van der Waals surface area contributed by atoms with Gasteiger partial charge in [0.15, 0.2) is 0 Å². The fourth-order valence-electron chi connectivity index (χ4n) is 2.91. The van der Waals surface area contributed by atoms with E-state index in [1.165, 1.54) is 16.8 Å². The van der Waals surface area contributed by atoms with Crippen molar-refractivity contribution in [3.63, 3.8) is 0 Å². The fraction of sp³-hybridized carbons (Fsp3) is 0.471. The first kappa shape index (κ1) is 19.0. The van der Waals surface area contributed by atoms with Gasteiger partial charge < -0.3 is 10.2 Å². The lowest BCUT2D eigenvalue weighted by atomic mass is 10.3.